The summed E-state index contributed by atoms with van der Waals surface area (Å²) in [6, 6.07) is 18.5. The predicted octanol–water partition coefficient (Wildman–Crippen LogP) is 3.60. The van der Waals surface area contributed by atoms with Crippen molar-refractivity contribution in [1.29, 1.82) is 0 Å². The molecule has 0 atom stereocenters. The first-order valence-corrected chi connectivity index (χ1v) is 5.23. The Morgan fingerprint density at radius 1 is 0.688 bits per heavy atom. The maximum absolute atomic E-state index is 7.28. The quantitative estimate of drug-likeness (QED) is 0.480. The van der Waals surface area contributed by atoms with E-state index in [0.717, 1.165) is 11.1 Å². The average molecular weight is 207 g/mol. The Morgan fingerprint density at radius 3 is 2.38 bits per heavy atom. The van der Waals surface area contributed by atoms with E-state index < -0.39 is 0 Å². The van der Waals surface area contributed by atoms with Gasteiger partial charge in [-0.1, -0.05) is 48.5 Å². The van der Waals surface area contributed by atoms with Gasteiger partial charge in [0.15, 0.2) is 0 Å². The number of anilines is 1. The molecule has 3 aromatic carbocycles. The Balaban J connectivity index is 2.52. The second-order valence-corrected chi connectivity index (χ2v) is 3.81. The maximum atomic E-state index is 7.28. The summed E-state index contributed by atoms with van der Waals surface area (Å²) in [5.41, 5.74) is 3.33. The van der Waals surface area contributed by atoms with Crippen LogP contribution in [0.2, 0.25) is 0 Å². The summed E-state index contributed by atoms with van der Waals surface area (Å²) in [5, 5.41) is 4.75. The fourth-order valence-corrected chi connectivity index (χ4v) is 2.15. The molecule has 2 N–H and O–H groups in total. The molecule has 0 bridgehead atoms. The van der Waals surface area contributed by atoms with Crippen LogP contribution in [0.3, 0.4) is 0 Å². The van der Waals surface area contributed by atoms with Crippen molar-refractivity contribution in [2.75, 3.05) is 5.43 Å². The van der Waals surface area contributed by atoms with Crippen molar-refractivity contribution in [2.45, 2.75) is 0 Å². The molecule has 0 heterocycles. The van der Waals surface area contributed by atoms with Gasteiger partial charge in [-0.3, -0.25) is 0 Å². The van der Waals surface area contributed by atoms with E-state index in [9.17, 15) is 0 Å². The molecule has 0 saturated heterocycles. The molecule has 0 saturated carbocycles. The van der Waals surface area contributed by atoms with Gasteiger partial charge in [0.25, 0.3) is 0 Å². The first-order chi connectivity index (χ1) is 7.90. The van der Waals surface area contributed by atoms with Gasteiger partial charge in [0.1, 0.15) is 0 Å². The number of hydrogen-bond acceptors (Lipinski definition) is 1. The second kappa shape index (κ2) is 3.51. The summed E-state index contributed by atoms with van der Waals surface area (Å²) in [4.78, 5) is 0. The molecule has 77 valence electrons. The molecule has 1 radical (unpaired) electrons. The lowest BCUT2D eigenvalue weighted by molar-refractivity contribution is 1.31. The van der Waals surface area contributed by atoms with Gasteiger partial charge in [0, 0.05) is 5.39 Å². The maximum Gasteiger partial charge on any atom is 0.0580 e. The molecule has 0 spiro atoms. The van der Waals surface area contributed by atoms with Crippen molar-refractivity contribution in [3.63, 3.8) is 0 Å². The summed E-state index contributed by atoms with van der Waals surface area (Å²) >= 11 is 0. The SMILES string of the molecule is [NH]Nc1cccc2c1ccc1ccccc12. The summed E-state index contributed by atoms with van der Waals surface area (Å²) in [7, 11) is 0. The van der Waals surface area contributed by atoms with Gasteiger partial charge >= 0.3 is 0 Å². The highest BCUT2D eigenvalue weighted by Gasteiger charge is 2.02. The average Bonchev–Trinajstić information content (AvgIpc) is 2.37. The Morgan fingerprint density at radius 2 is 1.50 bits per heavy atom. The molecule has 0 aromatic heterocycles. The molecule has 3 rings (SSSR count). The fraction of sp³-hybridized carbons (Fsp3) is 0. The highest BCUT2D eigenvalue weighted by Crippen LogP contribution is 2.29. The zero-order valence-electron chi connectivity index (χ0n) is 8.70. The first-order valence-electron chi connectivity index (χ1n) is 5.23. The number of nitrogens with one attached hydrogen (secondary N) is 2. The van der Waals surface area contributed by atoms with Crippen molar-refractivity contribution in [3.05, 3.63) is 54.6 Å². The van der Waals surface area contributed by atoms with Crippen LogP contribution >= 0.6 is 0 Å². The largest absolute Gasteiger partial charge is 0.306 e. The van der Waals surface area contributed by atoms with Crippen molar-refractivity contribution in [3.8, 4) is 0 Å². The van der Waals surface area contributed by atoms with Crippen LogP contribution in [0.1, 0.15) is 0 Å². The molecular formula is C14H11N2. The normalized spacial score (nSPS) is 10.8. The minimum Gasteiger partial charge on any atom is -0.306 e. The molecule has 0 fully saturated rings. The van der Waals surface area contributed by atoms with E-state index >= 15 is 0 Å². The van der Waals surface area contributed by atoms with Crippen LogP contribution in [-0.4, -0.2) is 0 Å². The summed E-state index contributed by atoms with van der Waals surface area (Å²) < 4.78 is 0. The van der Waals surface area contributed by atoms with Gasteiger partial charge in [0.05, 0.1) is 5.69 Å². The topological polar surface area (TPSA) is 35.8 Å². The summed E-state index contributed by atoms with van der Waals surface area (Å²) in [6.07, 6.45) is 0. The molecule has 0 aliphatic rings. The van der Waals surface area contributed by atoms with Crippen molar-refractivity contribution < 1.29 is 0 Å². The van der Waals surface area contributed by atoms with Crippen LogP contribution in [0.4, 0.5) is 5.69 Å². The van der Waals surface area contributed by atoms with Gasteiger partial charge in [-0.05, 0) is 22.2 Å². The van der Waals surface area contributed by atoms with Gasteiger partial charge in [0.2, 0.25) is 0 Å². The molecule has 2 nitrogen and oxygen atoms in total. The fourth-order valence-electron chi connectivity index (χ4n) is 2.15. The minimum atomic E-state index is 0.850. The standard InChI is InChI=1S/C14H11N2/c15-16-14-7-3-6-12-11-5-2-1-4-10(11)8-9-13(12)14/h1-9,15-16H. The highest BCUT2D eigenvalue weighted by atomic mass is 15.2. The Hall–Kier alpha value is -2.06. The van der Waals surface area contributed by atoms with Gasteiger partial charge in [-0.15, -0.1) is 0 Å². The van der Waals surface area contributed by atoms with Crippen LogP contribution < -0.4 is 11.3 Å². The van der Waals surface area contributed by atoms with Crippen LogP contribution in [0.25, 0.3) is 21.5 Å². The van der Waals surface area contributed by atoms with E-state index in [1.807, 2.05) is 24.3 Å². The van der Waals surface area contributed by atoms with E-state index in [1.165, 1.54) is 16.2 Å². The van der Waals surface area contributed by atoms with E-state index in [0.29, 0.717) is 0 Å². The third kappa shape index (κ3) is 1.24. The molecule has 0 unspecified atom stereocenters. The zero-order chi connectivity index (χ0) is 11.0. The molecule has 16 heavy (non-hydrogen) atoms. The zero-order valence-corrected chi connectivity index (χ0v) is 8.70. The number of fused-ring (bicyclic) bond motifs is 3. The lowest BCUT2D eigenvalue weighted by Crippen LogP contribution is -1.92. The van der Waals surface area contributed by atoms with Gasteiger partial charge in [-0.2, -0.15) is 5.84 Å². The van der Waals surface area contributed by atoms with E-state index in [-0.39, 0.29) is 0 Å². The number of rotatable bonds is 1. The van der Waals surface area contributed by atoms with Crippen LogP contribution in [-0.2, 0) is 0 Å². The third-order valence-electron chi connectivity index (χ3n) is 2.92. The Kier molecular flexibility index (Phi) is 2.01. The Bertz CT molecular complexity index is 659. The minimum absolute atomic E-state index is 0.850. The lowest BCUT2D eigenvalue weighted by atomic mass is 10.0. The first kappa shape index (κ1) is 9.19. The van der Waals surface area contributed by atoms with Crippen molar-refractivity contribution in [1.82, 2.24) is 5.84 Å². The molecule has 0 aliphatic carbocycles. The van der Waals surface area contributed by atoms with Crippen LogP contribution in [0.5, 0.6) is 0 Å². The number of benzene rings is 3. The van der Waals surface area contributed by atoms with E-state index in [4.69, 9.17) is 5.84 Å². The predicted molar refractivity (Wildman–Crippen MR) is 68.2 cm³/mol. The molecule has 3 aromatic rings. The lowest BCUT2D eigenvalue weighted by Gasteiger charge is -2.07. The molecule has 0 amide bonds. The van der Waals surface area contributed by atoms with Crippen molar-refractivity contribution >= 4 is 27.2 Å². The summed E-state index contributed by atoms with van der Waals surface area (Å²) in [5.74, 6) is 7.28. The van der Waals surface area contributed by atoms with E-state index in [1.54, 1.807) is 0 Å². The number of hydrogen-bond donors (Lipinski definition) is 1. The van der Waals surface area contributed by atoms with Gasteiger partial charge in [-0.25, -0.2) is 0 Å². The third-order valence-corrected chi connectivity index (χ3v) is 2.92. The van der Waals surface area contributed by atoms with Crippen LogP contribution in [0, 0.1) is 0 Å². The molecule has 2 heteroatoms. The molecule has 0 aliphatic heterocycles. The van der Waals surface area contributed by atoms with E-state index in [2.05, 4.69) is 35.8 Å². The highest BCUT2D eigenvalue weighted by molar-refractivity contribution is 6.11. The Labute approximate surface area is 93.7 Å². The summed E-state index contributed by atoms with van der Waals surface area (Å²) in [6.45, 7) is 0. The smallest absolute Gasteiger partial charge is 0.0580 e. The van der Waals surface area contributed by atoms with Crippen LogP contribution in [0.15, 0.2) is 54.6 Å². The monoisotopic (exact) mass is 207 g/mol. The van der Waals surface area contributed by atoms with Gasteiger partial charge < -0.3 is 5.43 Å². The van der Waals surface area contributed by atoms with Crippen molar-refractivity contribution in [2.24, 2.45) is 0 Å². The molecular weight excluding hydrogens is 196 g/mol. The second-order valence-electron chi connectivity index (χ2n) is 3.81.